The first-order chi connectivity index (χ1) is 12.6. The molecule has 3 N–H and O–H groups in total. The third-order valence-corrected chi connectivity index (χ3v) is 4.95. The molecule has 3 rings (SSSR count). The van der Waals surface area contributed by atoms with E-state index in [0.29, 0.717) is 26.1 Å². The number of nitrogens with one attached hydrogen (secondary N) is 2. The van der Waals surface area contributed by atoms with Gasteiger partial charge in [0.25, 0.3) is 0 Å². The van der Waals surface area contributed by atoms with Crippen molar-refractivity contribution in [2.45, 2.75) is 19.4 Å². The molecule has 1 atom stereocenters. The first kappa shape index (κ1) is 18.5. The van der Waals surface area contributed by atoms with Gasteiger partial charge in [-0.05, 0) is 29.3 Å². The molecular formula is C20H23N3O2S. The minimum Gasteiger partial charge on any atom is -0.387 e. The minimum atomic E-state index is -0.576. The summed E-state index contributed by atoms with van der Waals surface area (Å²) in [5.41, 5.74) is 1.70. The summed E-state index contributed by atoms with van der Waals surface area (Å²) in [5, 5.41) is 21.5. The van der Waals surface area contributed by atoms with Gasteiger partial charge in [0.2, 0.25) is 5.91 Å². The van der Waals surface area contributed by atoms with Crippen LogP contribution in [0.15, 0.2) is 47.8 Å². The Morgan fingerprint density at radius 3 is 2.77 bits per heavy atom. The van der Waals surface area contributed by atoms with Crippen LogP contribution >= 0.6 is 11.3 Å². The molecule has 6 heteroatoms. The lowest BCUT2D eigenvalue weighted by atomic mass is 10.0. The highest BCUT2D eigenvalue weighted by Gasteiger charge is 2.08. The van der Waals surface area contributed by atoms with E-state index in [1.54, 1.807) is 11.3 Å². The fourth-order valence-electron chi connectivity index (χ4n) is 2.78. The summed E-state index contributed by atoms with van der Waals surface area (Å²) in [6.07, 6.45) is -0.266. The number of hydrogen-bond donors (Lipinski definition) is 3. The summed E-state index contributed by atoms with van der Waals surface area (Å²) in [6, 6.07) is 14.1. The predicted molar refractivity (Wildman–Crippen MR) is 105 cm³/mol. The molecule has 136 valence electrons. The Morgan fingerprint density at radius 2 is 2.00 bits per heavy atom. The number of hydrogen-bond acceptors (Lipinski definition) is 5. The number of aromatic nitrogens is 1. The molecule has 1 amide bonds. The summed E-state index contributed by atoms with van der Waals surface area (Å²) < 4.78 is 0. The van der Waals surface area contributed by atoms with Crippen molar-refractivity contribution < 1.29 is 9.90 Å². The fraction of sp³-hybridized carbons (Fsp3) is 0.300. The van der Waals surface area contributed by atoms with Gasteiger partial charge >= 0.3 is 0 Å². The number of fused-ring (bicyclic) bond motifs is 1. The molecule has 0 fully saturated rings. The van der Waals surface area contributed by atoms with Crippen LogP contribution in [0.4, 0.5) is 0 Å². The van der Waals surface area contributed by atoms with Crippen LogP contribution in [-0.4, -0.2) is 35.6 Å². The number of benzene rings is 2. The molecule has 0 bridgehead atoms. The number of rotatable bonds is 8. The third-order valence-electron chi connectivity index (χ3n) is 4.13. The topological polar surface area (TPSA) is 74.2 Å². The molecule has 5 nitrogen and oxygen atoms in total. The van der Waals surface area contributed by atoms with Crippen molar-refractivity contribution in [2.75, 3.05) is 19.6 Å². The lowest BCUT2D eigenvalue weighted by Crippen LogP contribution is -2.34. The minimum absolute atomic E-state index is 0.0350. The van der Waals surface area contributed by atoms with Gasteiger partial charge in [0.05, 0.1) is 23.2 Å². The van der Waals surface area contributed by atoms with E-state index in [0.717, 1.165) is 27.0 Å². The smallest absolute Gasteiger partial charge is 0.226 e. The average Bonchev–Trinajstić information content (AvgIpc) is 3.05. The van der Waals surface area contributed by atoms with Gasteiger partial charge in [0, 0.05) is 25.0 Å². The molecule has 0 aliphatic heterocycles. The van der Waals surface area contributed by atoms with Crippen molar-refractivity contribution in [3.8, 4) is 0 Å². The van der Waals surface area contributed by atoms with Crippen molar-refractivity contribution >= 4 is 28.0 Å². The van der Waals surface area contributed by atoms with Crippen LogP contribution in [0.1, 0.15) is 22.4 Å². The number of carbonyl (C=O) groups is 1. The lowest BCUT2D eigenvalue weighted by Gasteiger charge is -2.13. The van der Waals surface area contributed by atoms with E-state index in [1.807, 2.05) is 48.7 Å². The highest BCUT2D eigenvalue weighted by atomic mass is 32.1. The van der Waals surface area contributed by atoms with Gasteiger partial charge in [-0.15, -0.1) is 11.3 Å². The van der Waals surface area contributed by atoms with Crippen LogP contribution in [0, 0.1) is 6.92 Å². The molecule has 26 heavy (non-hydrogen) atoms. The molecule has 0 aliphatic rings. The number of aliphatic hydroxyl groups excluding tert-OH is 1. The molecule has 0 spiro atoms. The van der Waals surface area contributed by atoms with Crippen LogP contribution < -0.4 is 10.6 Å². The first-order valence-electron chi connectivity index (χ1n) is 8.67. The van der Waals surface area contributed by atoms with Gasteiger partial charge in [-0.25, -0.2) is 4.98 Å². The molecule has 0 aliphatic carbocycles. The molecule has 1 unspecified atom stereocenters. The Balaban J connectivity index is 1.38. The van der Waals surface area contributed by atoms with Crippen molar-refractivity contribution in [1.82, 2.24) is 15.6 Å². The molecule has 2 aromatic carbocycles. The zero-order valence-electron chi connectivity index (χ0n) is 14.7. The normalized spacial score (nSPS) is 12.2. The van der Waals surface area contributed by atoms with Gasteiger partial charge in [-0.1, -0.05) is 36.4 Å². The monoisotopic (exact) mass is 369 g/mol. The Labute approximate surface area is 157 Å². The van der Waals surface area contributed by atoms with Gasteiger partial charge in [0.15, 0.2) is 0 Å². The van der Waals surface area contributed by atoms with E-state index in [9.17, 15) is 9.90 Å². The van der Waals surface area contributed by atoms with E-state index >= 15 is 0 Å². The summed E-state index contributed by atoms with van der Waals surface area (Å²) in [7, 11) is 0. The maximum absolute atomic E-state index is 11.8. The van der Waals surface area contributed by atoms with E-state index in [4.69, 9.17) is 0 Å². The zero-order valence-corrected chi connectivity index (χ0v) is 15.6. The Morgan fingerprint density at radius 1 is 1.19 bits per heavy atom. The number of amides is 1. The molecular weight excluding hydrogens is 346 g/mol. The van der Waals surface area contributed by atoms with Gasteiger partial charge in [0.1, 0.15) is 0 Å². The Kier molecular flexibility index (Phi) is 6.33. The zero-order chi connectivity index (χ0) is 18.4. The maximum Gasteiger partial charge on any atom is 0.226 e. The highest BCUT2D eigenvalue weighted by Crippen LogP contribution is 2.19. The number of nitrogens with zero attached hydrogens (tertiary/aromatic N) is 1. The van der Waals surface area contributed by atoms with Crippen LogP contribution in [0.3, 0.4) is 0 Å². The van der Waals surface area contributed by atoms with Gasteiger partial charge in [-0.2, -0.15) is 0 Å². The highest BCUT2D eigenvalue weighted by molar-refractivity contribution is 7.09. The number of carbonyl (C=O) groups excluding carboxylic acids is 1. The molecule has 0 saturated carbocycles. The fourth-order valence-corrected chi connectivity index (χ4v) is 3.39. The van der Waals surface area contributed by atoms with E-state index in [1.165, 1.54) is 0 Å². The molecule has 3 aromatic rings. The summed E-state index contributed by atoms with van der Waals surface area (Å²) in [4.78, 5) is 16.1. The third kappa shape index (κ3) is 5.11. The first-order valence-corrected chi connectivity index (χ1v) is 9.55. The van der Waals surface area contributed by atoms with E-state index < -0.39 is 6.10 Å². The Hall–Kier alpha value is -2.28. The summed E-state index contributed by atoms with van der Waals surface area (Å²) >= 11 is 1.55. The molecule has 1 aromatic heterocycles. The summed E-state index contributed by atoms with van der Waals surface area (Å²) in [5.74, 6) is -0.0350. The van der Waals surface area contributed by atoms with Crippen molar-refractivity contribution in [2.24, 2.45) is 0 Å². The number of thiazole rings is 1. The number of aryl methyl sites for hydroxylation is 1. The second-order valence-corrected chi connectivity index (χ2v) is 7.27. The van der Waals surface area contributed by atoms with Crippen LogP contribution in [0.25, 0.3) is 10.8 Å². The molecule has 0 radical (unpaired) electrons. The van der Waals surface area contributed by atoms with E-state index in [2.05, 4.69) is 21.7 Å². The number of aliphatic hydroxyl groups is 1. The SMILES string of the molecule is Cc1nc(CC(=O)NCCNCC(O)c2ccc3ccccc3c2)cs1. The van der Waals surface area contributed by atoms with Crippen molar-refractivity contribution in [3.63, 3.8) is 0 Å². The predicted octanol–water partition coefficient (Wildman–Crippen LogP) is 2.59. The second-order valence-electron chi connectivity index (χ2n) is 6.21. The Bertz CT molecular complexity index is 878. The van der Waals surface area contributed by atoms with Crippen LogP contribution in [-0.2, 0) is 11.2 Å². The molecule has 0 saturated heterocycles. The largest absolute Gasteiger partial charge is 0.387 e. The lowest BCUT2D eigenvalue weighted by molar-refractivity contribution is -0.120. The maximum atomic E-state index is 11.8. The summed E-state index contributed by atoms with van der Waals surface area (Å²) in [6.45, 7) is 3.50. The quantitative estimate of drug-likeness (QED) is 0.534. The van der Waals surface area contributed by atoms with Crippen molar-refractivity contribution in [3.05, 3.63) is 64.1 Å². The van der Waals surface area contributed by atoms with Crippen molar-refractivity contribution in [1.29, 1.82) is 0 Å². The molecule has 1 heterocycles. The van der Waals surface area contributed by atoms with Gasteiger partial charge in [-0.3, -0.25) is 4.79 Å². The van der Waals surface area contributed by atoms with Crippen LogP contribution in [0.2, 0.25) is 0 Å². The van der Waals surface area contributed by atoms with E-state index in [-0.39, 0.29) is 5.91 Å². The second kappa shape index (κ2) is 8.89. The standard InChI is InChI=1S/C20H23N3O2S/c1-14-23-18(13-26-14)11-20(25)22-9-8-21-12-19(24)17-7-6-15-4-2-3-5-16(15)10-17/h2-7,10,13,19,21,24H,8-9,11-12H2,1H3,(H,22,25). The average molecular weight is 369 g/mol. The van der Waals surface area contributed by atoms with Gasteiger partial charge < -0.3 is 15.7 Å². The van der Waals surface area contributed by atoms with Crippen LogP contribution in [0.5, 0.6) is 0 Å².